The Morgan fingerprint density at radius 3 is 2.41 bits per heavy atom. The van der Waals surface area contributed by atoms with Crippen LogP contribution < -0.4 is 15.4 Å². The first kappa shape index (κ1) is 25.8. The highest BCUT2D eigenvalue weighted by molar-refractivity contribution is 14.0. The minimum absolute atomic E-state index is 0. The van der Waals surface area contributed by atoms with Crippen molar-refractivity contribution in [1.82, 2.24) is 14.9 Å². The first-order valence-electron chi connectivity index (χ1n) is 9.03. The molecule has 0 atom stereocenters. The second kappa shape index (κ2) is 11.8. The lowest BCUT2D eigenvalue weighted by molar-refractivity contribution is -0.0494. The van der Waals surface area contributed by atoms with Crippen molar-refractivity contribution in [2.75, 3.05) is 32.8 Å². The molecule has 0 aliphatic carbocycles. The summed E-state index contributed by atoms with van der Waals surface area (Å²) in [6, 6.07) is 9.16. The monoisotopic (exact) mass is 550 g/mol. The van der Waals surface area contributed by atoms with Crippen molar-refractivity contribution in [1.29, 1.82) is 0 Å². The number of rotatable bonds is 7. The average Bonchev–Trinajstić information content (AvgIpc) is 2.66. The molecular formula is C17H26F3IN4O3S. The zero-order valence-corrected chi connectivity index (χ0v) is 19.1. The van der Waals surface area contributed by atoms with E-state index >= 15 is 0 Å². The lowest BCUT2D eigenvalue weighted by Gasteiger charge is -2.32. The summed E-state index contributed by atoms with van der Waals surface area (Å²) in [5, 5.41) is 6.21. The summed E-state index contributed by atoms with van der Waals surface area (Å²) in [5.74, 6) is 1.27. The minimum Gasteiger partial charge on any atom is -0.492 e. The van der Waals surface area contributed by atoms with Crippen molar-refractivity contribution in [3.05, 3.63) is 30.3 Å². The molecule has 1 saturated heterocycles. The van der Waals surface area contributed by atoms with Crippen LogP contribution in [-0.2, 0) is 10.0 Å². The summed E-state index contributed by atoms with van der Waals surface area (Å²) in [6.07, 6.45) is 0.528. The fourth-order valence-electron chi connectivity index (χ4n) is 2.74. The van der Waals surface area contributed by atoms with Gasteiger partial charge >= 0.3 is 15.5 Å². The number of halogens is 4. The number of sulfonamides is 1. The third-order valence-electron chi connectivity index (χ3n) is 4.14. The van der Waals surface area contributed by atoms with E-state index in [1.165, 1.54) is 0 Å². The molecule has 2 rings (SSSR count). The number of guanidine groups is 1. The number of hydrogen-bond acceptors (Lipinski definition) is 4. The zero-order valence-electron chi connectivity index (χ0n) is 16.0. The van der Waals surface area contributed by atoms with Crippen LogP contribution in [0, 0.1) is 0 Å². The molecule has 12 heteroatoms. The van der Waals surface area contributed by atoms with E-state index < -0.39 is 15.5 Å². The molecule has 0 unspecified atom stereocenters. The van der Waals surface area contributed by atoms with Gasteiger partial charge in [-0.3, -0.25) is 0 Å². The van der Waals surface area contributed by atoms with E-state index in [-0.39, 0.29) is 55.9 Å². The fraction of sp³-hybridized carbons (Fsp3) is 0.588. The largest absolute Gasteiger partial charge is 0.511 e. The fourth-order valence-corrected chi connectivity index (χ4v) is 3.72. The van der Waals surface area contributed by atoms with Gasteiger partial charge in [0.15, 0.2) is 5.96 Å². The van der Waals surface area contributed by atoms with Gasteiger partial charge in [0.05, 0.1) is 6.54 Å². The Balaban J connectivity index is 0.00000420. The van der Waals surface area contributed by atoms with Crippen LogP contribution in [-0.4, -0.2) is 63.0 Å². The van der Waals surface area contributed by atoms with Crippen LogP contribution in [0.3, 0.4) is 0 Å². The van der Waals surface area contributed by atoms with E-state index in [2.05, 4.69) is 15.6 Å². The topological polar surface area (TPSA) is 83.0 Å². The highest BCUT2D eigenvalue weighted by Crippen LogP contribution is 2.28. The van der Waals surface area contributed by atoms with Gasteiger partial charge in [-0.15, -0.1) is 24.0 Å². The van der Waals surface area contributed by atoms with Crippen LogP contribution in [0.25, 0.3) is 0 Å². The van der Waals surface area contributed by atoms with Gasteiger partial charge in [-0.2, -0.15) is 17.5 Å². The number of alkyl halides is 3. The lowest BCUT2D eigenvalue weighted by Crippen LogP contribution is -2.51. The number of hydrogen-bond donors (Lipinski definition) is 2. The standard InChI is InChI=1S/C17H25F3N4O3S.HI/c1-2-21-16(22-10-13-27-15-6-4-3-5-7-15)23-14-8-11-24(12-9-14)28(25,26)17(18,19)20;/h3-7,14H,2,8-13H2,1H3,(H2,21,22,23);1H. The van der Waals surface area contributed by atoms with Crippen molar-refractivity contribution in [3.8, 4) is 5.75 Å². The predicted molar refractivity (Wildman–Crippen MR) is 116 cm³/mol. The highest BCUT2D eigenvalue weighted by atomic mass is 127. The molecule has 0 bridgehead atoms. The number of nitrogens with one attached hydrogen (secondary N) is 2. The van der Waals surface area contributed by atoms with Crippen molar-refractivity contribution < 1.29 is 26.3 Å². The maximum atomic E-state index is 12.6. The maximum absolute atomic E-state index is 12.6. The molecule has 1 aliphatic rings. The molecule has 0 aromatic heterocycles. The van der Waals surface area contributed by atoms with Gasteiger partial charge in [0.2, 0.25) is 0 Å². The maximum Gasteiger partial charge on any atom is 0.511 e. The zero-order chi connectivity index (χ0) is 20.6. The Labute approximate surface area is 186 Å². The van der Waals surface area contributed by atoms with Gasteiger partial charge in [0.25, 0.3) is 0 Å². The van der Waals surface area contributed by atoms with Crippen molar-refractivity contribution >= 4 is 40.0 Å². The minimum atomic E-state index is -5.26. The molecule has 2 N–H and O–H groups in total. The summed E-state index contributed by atoms with van der Waals surface area (Å²) in [7, 11) is -5.26. The molecule has 0 amide bonds. The van der Waals surface area contributed by atoms with Gasteiger partial charge < -0.3 is 15.4 Å². The second-order valence-electron chi connectivity index (χ2n) is 6.19. The second-order valence-corrected chi connectivity index (χ2v) is 8.12. The molecule has 166 valence electrons. The Bertz CT molecular complexity index is 740. The average molecular weight is 550 g/mol. The molecular weight excluding hydrogens is 524 g/mol. The number of aliphatic imine (C=N–C) groups is 1. The number of ether oxygens (including phenoxy) is 1. The molecule has 1 aromatic rings. The molecule has 0 saturated carbocycles. The first-order chi connectivity index (χ1) is 13.2. The number of para-hydroxylation sites is 1. The molecule has 1 heterocycles. The van der Waals surface area contributed by atoms with Crippen LogP contribution in [0.1, 0.15) is 19.8 Å². The molecule has 0 radical (unpaired) electrons. The molecule has 7 nitrogen and oxygen atoms in total. The van der Waals surface area contributed by atoms with Crippen LogP contribution in [0.15, 0.2) is 35.3 Å². The van der Waals surface area contributed by atoms with Gasteiger partial charge in [-0.25, -0.2) is 13.4 Å². The smallest absolute Gasteiger partial charge is 0.492 e. The van der Waals surface area contributed by atoms with E-state index in [0.717, 1.165) is 5.75 Å². The third-order valence-corrected chi connectivity index (χ3v) is 5.77. The van der Waals surface area contributed by atoms with Crippen molar-refractivity contribution in [2.45, 2.75) is 31.3 Å². The normalized spacial score (nSPS) is 16.8. The summed E-state index contributed by atoms with van der Waals surface area (Å²) in [4.78, 5) is 4.39. The Morgan fingerprint density at radius 2 is 1.86 bits per heavy atom. The van der Waals surface area contributed by atoms with Crippen LogP contribution in [0.2, 0.25) is 0 Å². The molecule has 1 aliphatic heterocycles. The SMILES string of the molecule is CCNC(=NCCOc1ccccc1)NC1CCN(S(=O)(=O)C(F)(F)F)CC1.I. The Kier molecular flexibility index (Phi) is 10.5. The molecule has 0 spiro atoms. The van der Waals surface area contributed by atoms with E-state index in [4.69, 9.17) is 4.74 Å². The highest BCUT2D eigenvalue weighted by Gasteiger charge is 2.50. The van der Waals surface area contributed by atoms with Gasteiger partial charge in [-0.05, 0) is 31.9 Å². The molecule has 29 heavy (non-hydrogen) atoms. The van der Waals surface area contributed by atoms with Crippen molar-refractivity contribution in [3.63, 3.8) is 0 Å². The van der Waals surface area contributed by atoms with E-state index in [0.29, 0.717) is 30.0 Å². The van der Waals surface area contributed by atoms with Crippen LogP contribution >= 0.6 is 24.0 Å². The Hall–Kier alpha value is -1.28. The molecule has 1 aromatic carbocycles. The van der Waals surface area contributed by atoms with Gasteiger partial charge in [0, 0.05) is 25.7 Å². The van der Waals surface area contributed by atoms with Crippen LogP contribution in [0.5, 0.6) is 5.75 Å². The van der Waals surface area contributed by atoms with E-state index in [1.54, 1.807) is 0 Å². The Morgan fingerprint density at radius 1 is 1.24 bits per heavy atom. The summed E-state index contributed by atoms with van der Waals surface area (Å²) in [5.41, 5.74) is -5.26. The third kappa shape index (κ3) is 7.81. The summed E-state index contributed by atoms with van der Waals surface area (Å²) >= 11 is 0. The number of piperidine rings is 1. The predicted octanol–water partition coefficient (Wildman–Crippen LogP) is 2.55. The van der Waals surface area contributed by atoms with E-state index in [9.17, 15) is 21.6 Å². The summed E-state index contributed by atoms with van der Waals surface area (Å²) < 4.78 is 66.9. The quantitative estimate of drug-likeness (QED) is 0.236. The molecule has 1 fully saturated rings. The number of benzene rings is 1. The van der Waals surface area contributed by atoms with Crippen LogP contribution in [0.4, 0.5) is 13.2 Å². The first-order valence-corrected chi connectivity index (χ1v) is 10.5. The van der Waals surface area contributed by atoms with Gasteiger partial charge in [-0.1, -0.05) is 18.2 Å². The summed E-state index contributed by atoms with van der Waals surface area (Å²) in [6.45, 7) is 2.92. The van der Waals surface area contributed by atoms with E-state index in [1.807, 2.05) is 37.3 Å². The lowest BCUT2D eigenvalue weighted by atomic mass is 10.1. The van der Waals surface area contributed by atoms with Gasteiger partial charge in [0.1, 0.15) is 12.4 Å². The van der Waals surface area contributed by atoms with Crippen molar-refractivity contribution in [2.24, 2.45) is 4.99 Å². The number of nitrogens with zero attached hydrogens (tertiary/aromatic N) is 2.